The van der Waals surface area contributed by atoms with Gasteiger partial charge in [0.05, 0.1) is 18.0 Å². The van der Waals surface area contributed by atoms with E-state index in [0.717, 1.165) is 23.3 Å². The molecular weight excluding hydrogens is 282 g/mol. The standard InChI is InChI=1S/C16H19N3O3/c1-11-4-2-7-19-13(9-17-15(11)19)8-14(20)18-6-3-5-12(10-18)16(21)22/h2,4,7,9,12H,3,5-6,8,10H2,1H3,(H,21,22)/t12-/m1/s1. The molecule has 0 spiro atoms. The van der Waals surface area contributed by atoms with Gasteiger partial charge >= 0.3 is 5.97 Å². The van der Waals surface area contributed by atoms with Crippen LogP contribution in [0.1, 0.15) is 24.1 Å². The number of pyridine rings is 1. The molecule has 22 heavy (non-hydrogen) atoms. The summed E-state index contributed by atoms with van der Waals surface area (Å²) >= 11 is 0. The number of hydrogen-bond acceptors (Lipinski definition) is 3. The first-order valence-electron chi connectivity index (χ1n) is 7.48. The van der Waals surface area contributed by atoms with E-state index in [1.807, 2.05) is 29.7 Å². The van der Waals surface area contributed by atoms with E-state index in [4.69, 9.17) is 5.11 Å². The fourth-order valence-electron chi connectivity index (χ4n) is 3.01. The molecule has 0 unspecified atom stereocenters. The highest BCUT2D eigenvalue weighted by molar-refractivity contribution is 5.80. The van der Waals surface area contributed by atoms with Gasteiger partial charge in [-0.3, -0.25) is 9.59 Å². The summed E-state index contributed by atoms with van der Waals surface area (Å²) < 4.78 is 1.92. The van der Waals surface area contributed by atoms with Gasteiger partial charge in [0.1, 0.15) is 5.65 Å². The van der Waals surface area contributed by atoms with Gasteiger partial charge in [0.2, 0.25) is 5.91 Å². The fraction of sp³-hybridized carbons (Fsp3) is 0.438. The SMILES string of the molecule is Cc1cccn2c(CC(=O)N3CCC[C@@H](C(=O)O)C3)cnc12. The predicted molar refractivity (Wildman–Crippen MR) is 80.6 cm³/mol. The molecule has 0 bridgehead atoms. The lowest BCUT2D eigenvalue weighted by Gasteiger charge is -2.30. The molecule has 1 saturated heterocycles. The van der Waals surface area contributed by atoms with E-state index < -0.39 is 11.9 Å². The second-order valence-corrected chi connectivity index (χ2v) is 5.83. The van der Waals surface area contributed by atoms with Gasteiger partial charge in [-0.1, -0.05) is 6.07 Å². The van der Waals surface area contributed by atoms with Crippen LogP contribution in [0.3, 0.4) is 0 Å². The topological polar surface area (TPSA) is 74.9 Å². The summed E-state index contributed by atoms with van der Waals surface area (Å²) in [6.07, 6.45) is 5.26. The number of imidazole rings is 1. The highest BCUT2D eigenvalue weighted by Gasteiger charge is 2.28. The van der Waals surface area contributed by atoms with Crippen molar-refractivity contribution in [2.45, 2.75) is 26.2 Å². The maximum Gasteiger partial charge on any atom is 0.308 e. The average molecular weight is 301 g/mol. The third-order valence-electron chi connectivity index (χ3n) is 4.26. The molecular formula is C16H19N3O3. The lowest BCUT2D eigenvalue weighted by atomic mass is 9.98. The number of amides is 1. The lowest BCUT2D eigenvalue weighted by Crippen LogP contribution is -2.43. The Morgan fingerprint density at radius 3 is 3.05 bits per heavy atom. The molecule has 116 valence electrons. The van der Waals surface area contributed by atoms with E-state index in [2.05, 4.69) is 4.98 Å². The van der Waals surface area contributed by atoms with Gasteiger partial charge in [0.15, 0.2) is 0 Å². The van der Waals surface area contributed by atoms with Crippen molar-refractivity contribution in [2.75, 3.05) is 13.1 Å². The molecule has 6 nitrogen and oxygen atoms in total. The number of aromatic nitrogens is 2. The number of fused-ring (bicyclic) bond motifs is 1. The monoisotopic (exact) mass is 301 g/mol. The first kappa shape index (κ1) is 14.6. The fourth-order valence-corrected chi connectivity index (χ4v) is 3.01. The first-order valence-corrected chi connectivity index (χ1v) is 7.48. The molecule has 6 heteroatoms. The van der Waals surface area contributed by atoms with Gasteiger partial charge in [0, 0.05) is 25.5 Å². The number of carbonyl (C=O) groups is 2. The van der Waals surface area contributed by atoms with Crippen molar-refractivity contribution in [1.82, 2.24) is 14.3 Å². The van der Waals surface area contributed by atoms with Crippen LogP contribution in [0, 0.1) is 12.8 Å². The third kappa shape index (κ3) is 2.68. The average Bonchev–Trinajstić information content (AvgIpc) is 2.92. The van der Waals surface area contributed by atoms with E-state index in [9.17, 15) is 9.59 Å². The zero-order valence-electron chi connectivity index (χ0n) is 12.5. The summed E-state index contributed by atoms with van der Waals surface area (Å²) in [7, 11) is 0. The first-order chi connectivity index (χ1) is 10.6. The van der Waals surface area contributed by atoms with E-state index in [0.29, 0.717) is 19.5 Å². The highest BCUT2D eigenvalue weighted by atomic mass is 16.4. The normalized spacial score (nSPS) is 18.6. The predicted octanol–water partition coefficient (Wildman–Crippen LogP) is 1.51. The molecule has 1 amide bonds. The summed E-state index contributed by atoms with van der Waals surface area (Å²) in [6.45, 7) is 2.93. The number of piperidine rings is 1. The number of likely N-dealkylation sites (tertiary alicyclic amines) is 1. The van der Waals surface area contributed by atoms with Crippen molar-refractivity contribution in [3.05, 3.63) is 35.8 Å². The maximum atomic E-state index is 12.5. The van der Waals surface area contributed by atoms with Crippen LogP contribution < -0.4 is 0 Å². The van der Waals surface area contributed by atoms with Gasteiger partial charge in [-0.2, -0.15) is 0 Å². The molecule has 3 heterocycles. The van der Waals surface area contributed by atoms with Crippen molar-refractivity contribution in [3.8, 4) is 0 Å². The van der Waals surface area contributed by atoms with Gasteiger partial charge < -0.3 is 14.4 Å². The smallest absolute Gasteiger partial charge is 0.308 e. The Balaban J connectivity index is 1.76. The van der Waals surface area contributed by atoms with E-state index in [-0.39, 0.29) is 12.3 Å². The van der Waals surface area contributed by atoms with Crippen LogP contribution in [0.15, 0.2) is 24.5 Å². The molecule has 0 aliphatic carbocycles. The summed E-state index contributed by atoms with van der Waals surface area (Å²) in [6, 6.07) is 3.91. The summed E-state index contributed by atoms with van der Waals surface area (Å²) in [4.78, 5) is 29.6. The number of hydrogen-bond donors (Lipinski definition) is 1. The zero-order valence-corrected chi connectivity index (χ0v) is 12.5. The van der Waals surface area contributed by atoms with Crippen LogP contribution in [-0.4, -0.2) is 44.4 Å². The number of carboxylic acid groups (broad SMARTS) is 1. The summed E-state index contributed by atoms with van der Waals surface area (Å²) in [5.41, 5.74) is 2.75. The Labute approximate surface area is 128 Å². The van der Waals surface area contributed by atoms with Crippen molar-refractivity contribution in [1.29, 1.82) is 0 Å². The number of rotatable bonds is 3. The molecule has 2 aromatic rings. The van der Waals surface area contributed by atoms with Crippen LogP contribution in [0.5, 0.6) is 0 Å². The number of carboxylic acids is 1. The summed E-state index contributed by atoms with van der Waals surface area (Å²) in [5, 5.41) is 9.11. The Hall–Kier alpha value is -2.37. The van der Waals surface area contributed by atoms with Crippen LogP contribution in [0.4, 0.5) is 0 Å². The number of aryl methyl sites for hydroxylation is 1. The second kappa shape index (κ2) is 5.79. The van der Waals surface area contributed by atoms with E-state index in [1.54, 1.807) is 11.1 Å². The third-order valence-corrected chi connectivity index (χ3v) is 4.26. The number of aliphatic carboxylic acids is 1. The van der Waals surface area contributed by atoms with Gasteiger partial charge in [-0.05, 0) is 31.4 Å². The molecule has 0 radical (unpaired) electrons. The van der Waals surface area contributed by atoms with Crippen molar-refractivity contribution in [2.24, 2.45) is 5.92 Å². The minimum absolute atomic E-state index is 0.0331. The molecule has 1 N–H and O–H groups in total. The van der Waals surface area contributed by atoms with Crippen LogP contribution in [-0.2, 0) is 16.0 Å². The zero-order chi connectivity index (χ0) is 15.7. The van der Waals surface area contributed by atoms with Crippen LogP contribution >= 0.6 is 0 Å². The molecule has 3 rings (SSSR count). The van der Waals surface area contributed by atoms with Gasteiger partial charge in [-0.25, -0.2) is 4.98 Å². The highest BCUT2D eigenvalue weighted by Crippen LogP contribution is 2.18. The molecule has 0 aromatic carbocycles. The minimum atomic E-state index is -0.817. The quantitative estimate of drug-likeness (QED) is 0.932. The Kier molecular flexibility index (Phi) is 3.83. The minimum Gasteiger partial charge on any atom is -0.481 e. The molecule has 1 aliphatic rings. The lowest BCUT2D eigenvalue weighted by molar-refractivity contribution is -0.145. The molecule has 1 aliphatic heterocycles. The van der Waals surface area contributed by atoms with E-state index >= 15 is 0 Å². The van der Waals surface area contributed by atoms with Crippen LogP contribution in [0.25, 0.3) is 5.65 Å². The molecule has 0 saturated carbocycles. The molecule has 1 atom stereocenters. The largest absolute Gasteiger partial charge is 0.481 e. The van der Waals surface area contributed by atoms with Crippen LogP contribution in [0.2, 0.25) is 0 Å². The van der Waals surface area contributed by atoms with Gasteiger partial charge in [-0.15, -0.1) is 0 Å². The Morgan fingerprint density at radius 2 is 2.27 bits per heavy atom. The van der Waals surface area contributed by atoms with Crippen molar-refractivity contribution in [3.63, 3.8) is 0 Å². The maximum absolute atomic E-state index is 12.5. The number of carbonyl (C=O) groups excluding carboxylic acids is 1. The van der Waals surface area contributed by atoms with Crippen molar-refractivity contribution >= 4 is 17.5 Å². The van der Waals surface area contributed by atoms with Crippen molar-refractivity contribution < 1.29 is 14.7 Å². The Bertz CT molecular complexity index is 722. The van der Waals surface area contributed by atoms with Gasteiger partial charge in [0.25, 0.3) is 0 Å². The molecule has 1 fully saturated rings. The Morgan fingerprint density at radius 1 is 1.45 bits per heavy atom. The summed E-state index contributed by atoms with van der Waals surface area (Å²) in [5.74, 6) is -1.29. The van der Waals surface area contributed by atoms with E-state index in [1.165, 1.54) is 0 Å². The second-order valence-electron chi connectivity index (χ2n) is 5.83. The molecule has 2 aromatic heterocycles. The number of nitrogens with zero attached hydrogens (tertiary/aromatic N) is 3.